The largest absolute Gasteiger partial charge is 0.377 e. The summed E-state index contributed by atoms with van der Waals surface area (Å²) in [6, 6.07) is 1.72. The summed E-state index contributed by atoms with van der Waals surface area (Å²) in [6.45, 7) is 1.24. The van der Waals surface area contributed by atoms with Crippen molar-refractivity contribution in [1.82, 2.24) is 14.1 Å². The molecule has 2 aromatic heterocycles. The van der Waals surface area contributed by atoms with E-state index in [1.165, 1.54) is 0 Å². The van der Waals surface area contributed by atoms with E-state index < -0.39 is 0 Å². The van der Waals surface area contributed by atoms with Gasteiger partial charge in [-0.1, -0.05) is 17.7 Å². The molecule has 3 heterocycles. The van der Waals surface area contributed by atoms with Crippen molar-refractivity contribution in [1.29, 1.82) is 0 Å². The number of aryl methyl sites for hydroxylation is 2. The van der Waals surface area contributed by atoms with Crippen LogP contribution in [-0.2, 0) is 18.8 Å². The van der Waals surface area contributed by atoms with Crippen molar-refractivity contribution < 1.29 is 4.74 Å². The molecule has 3 rings (SSSR count). The molecule has 0 unspecified atom stereocenters. The van der Waals surface area contributed by atoms with Gasteiger partial charge in [-0.05, 0) is 12.0 Å². The first-order valence-electron chi connectivity index (χ1n) is 6.08. The third-order valence-corrected chi connectivity index (χ3v) is 3.67. The maximum Gasteiger partial charge on any atom is 0.328 e. The number of rotatable bonds is 1. The first kappa shape index (κ1) is 12.4. The van der Waals surface area contributed by atoms with Gasteiger partial charge < -0.3 is 4.74 Å². The Hall–Kier alpha value is -1.59. The summed E-state index contributed by atoms with van der Waals surface area (Å²) in [7, 11) is 3.49. The summed E-state index contributed by atoms with van der Waals surface area (Å²) in [6.07, 6.45) is 2.78. The molecule has 0 radical (unpaired) electrons. The first-order valence-corrected chi connectivity index (χ1v) is 6.46. The lowest BCUT2D eigenvalue weighted by molar-refractivity contribution is 0.161. The summed E-state index contributed by atoms with van der Waals surface area (Å²) < 4.78 is 8.52. The van der Waals surface area contributed by atoms with Crippen LogP contribution in [0.5, 0.6) is 0 Å². The summed E-state index contributed by atoms with van der Waals surface area (Å²) >= 11 is 6.08. The lowest BCUT2D eigenvalue weighted by Gasteiger charge is -2.14. The molecule has 100 valence electrons. The van der Waals surface area contributed by atoms with E-state index in [1.54, 1.807) is 29.3 Å². The second kappa shape index (κ2) is 4.51. The fourth-order valence-electron chi connectivity index (χ4n) is 2.47. The third kappa shape index (κ3) is 1.89. The van der Waals surface area contributed by atoms with Gasteiger partial charge in [0.1, 0.15) is 5.15 Å². The Balaban J connectivity index is 2.38. The normalized spacial score (nSPS) is 15.8. The number of halogens is 1. The van der Waals surface area contributed by atoms with Crippen LogP contribution in [0.1, 0.15) is 12.1 Å². The number of hydrogen-bond donors (Lipinski definition) is 0. The van der Waals surface area contributed by atoms with Crippen molar-refractivity contribution in [2.45, 2.75) is 6.42 Å². The van der Waals surface area contributed by atoms with Crippen LogP contribution in [0.4, 0.5) is 0 Å². The predicted molar refractivity (Wildman–Crippen MR) is 74.4 cm³/mol. The average Bonchev–Trinajstić information content (AvgIpc) is 2.64. The zero-order valence-corrected chi connectivity index (χ0v) is 11.6. The van der Waals surface area contributed by atoms with E-state index in [1.807, 2.05) is 6.08 Å². The number of aromatic nitrogens is 3. The number of fused-ring (bicyclic) bond motifs is 1. The Morgan fingerprint density at radius 2 is 2.16 bits per heavy atom. The molecular formula is C13H14ClN3O2. The van der Waals surface area contributed by atoms with E-state index in [4.69, 9.17) is 16.3 Å². The Morgan fingerprint density at radius 1 is 1.37 bits per heavy atom. The standard InChI is InChI=1S/C13H14ClN3O2/c1-16-9-7-10(14)15-11(8-3-5-19-6-4-8)12(9)17(2)13(16)18/h3,7H,4-6H2,1-2H3. The molecule has 1 aliphatic heterocycles. The molecule has 0 spiro atoms. The fraction of sp³-hybridized carbons (Fsp3) is 0.385. The van der Waals surface area contributed by atoms with Gasteiger partial charge in [-0.25, -0.2) is 9.78 Å². The second-order valence-electron chi connectivity index (χ2n) is 4.62. The van der Waals surface area contributed by atoms with Gasteiger partial charge in [0.25, 0.3) is 0 Å². The molecule has 0 N–H and O–H groups in total. The Bertz CT molecular complexity index is 742. The van der Waals surface area contributed by atoms with Crippen LogP contribution in [-0.4, -0.2) is 27.3 Å². The topological polar surface area (TPSA) is 49.0 Å². The van der Waals surface area contributed by atoms with E-state index in [-0.39, 0.29) is 5.69 Å². The quantitative estimate of drug-likeness (QED) is 0.747. The van der Waals surface area contributed by atoms with Crippen LogP contribution < -0.4 is 5.69 Å². The zero-order valence-electron chi connectivity index (χ0n) is 10.8. The maximum atomic E-state index is 12.0. The van der Waals surface area contributed by atoms with Gasteiger partial charge in [-0.2, -0.15) is 0 Å². The Labute approximate surface area is 115 Å². The molecule has 0 amide bonds. The highest BCUT2D eigenvalue weighted by atomic mass is 35.5. The molecule has 0 aliphatic carbocycles. The predicted octanol–water partition coefficient (Wildman–Crippen LogP) is 1.73. The second-order valence-corrected chi connectivity index (χ2v) is 5.00. The van der Waals surface area contributed by atoms with Gasteiger partial charge in [0, 0.05) is 20.2 Å². The monoisotopic (exact) mass is 279 g/mol. The summed E-state index contributed by atoms with van der Waals surface area (Å²) in [5.74, 6) is 0. The minimum atomic E-state index is -0.0759. The highest BCUT2D eigenvalue weighted by molar-refractivity contribution is 6.30. The minimum absolute atomic E-state index is 0.0759. The summed E-state index contributed by atoms with van der Waals surface area (Å²) in [5.41, 5.74) is 3.42. The highest BCUT2D eigenvalue weighted by Crippen LogP contribution is 2.28. The van der Waals surface area contributed by atoms with Crippen molar-refractivity contribution in [3.05, 3.63) is 33.5 Å². The number of pyridine rings is 1. The molecule has 0 fully saturated rings. The molecule has 0 bridgehead atoms. The van der Waals surface area contributed by atoms with Gasteiger partial charge in [-0.3, -0.25) is 9.13 Å². The molecule has 0 atom stereocenters. The Kier molecular flexibility index (Phi) is 2.95. The van der Waals surface area contributed by atoms with E-state index in [0.717, 1.165) is 28.7 Å². The van der Waals surface area contributed by atoms with Crippen molar-refractivity contribution in [2.24, 2.45) is 14.1 Å². The highest BCUT2D eigenvalue weighted by Gasteiger charge is 2.18. The van der Waals surface area contributed by atoms with E-state index in [2.05, 4.69) is 4.98 Å². The molecule has 1 aliphatic rings. The Morgan fingerprint density at radius 3 is 2.84 bits per heavy atom. The number of nitrogens with zero attached hydrogens (tertiary/aromatic N) is 3. The van der Waals surface area contributed by atoms with Crippen molar-refractivity contribution in [2.75, 3.05) is 13.2 Å². The van der Waals surface area contributed by atoms with Gasteiger partial charge in [0.15, 0.2) is 0 Å². The van der Waals surface area contributed by atoms with Crippen LogP contribution in [0, 0.1) is 0 Å². The van der Waals surface area contributed by atoms with Crippen molar-refractivity contribution in [3.63, 3.8) is 0 Å². The molecule has 0 saturated heterocycles. The van der Waals surface area contributed by atoms with E-state index in [9.17, 15) is 4.79 Å². The molecule has 0 aromatic carbocycles. The molecule has 5 nitrogen and oxygen atoms in total. The van der Waals surface area contributed by atoms with Crippen molar-refractivity contribution >= 4 is 28.2 Å². The van der Waals surface area contributed by atoms with E-state index in [0.29, 0.717) is 18.4 Å². The third-order valence-electron chi connectivity index (χ3n) is 3.48. The molecule has 0 saturated carbocycles. The van der Waals surface area contributed by atoms with Gasteiger partial charge in [-0.15, -0.1) is 0 Å². The number of imidazole rings is 1. The smallest absolute Gasteiger partial charge is 0.328 e. The summed E-state index contributed by atoms with van der Waals surface area (Å²) in [4.78, 5) is 16.5. The maximum absolute atomic E-state index is 12.0. The molecular weight excluding hydrogens is 266 g/mol. The number of hydrogen-bond acceptors (Lipinski definition) is 3. The van der Waals surface area contributed by atoms with Gasteiger partial charge in [0.2, 0.25) is 0 Å². The molecule has 2 aromatic rings. The van der Waals surface area contributed by atoms with Crippen LogP contribution in [0.3, 0.4) is 0 Å². The fourth-order valence-corrected chi connectivity index (χ4v) is 2.66. The summed E-state index contributed by atoms with van der Waals surface area (Å²) in [5, 5.41) is 0.399. The van der Waals surface area contributed by atoms with Gasteiger partial charge >= 0.3 is 5.69 Å². The van der Waals surface area contributed by atoms with E-state index >= 15 is 0 Å². The van der Waals surface area contributed by atoms with Crippen LogP contribution in [0.25, 0.3) is 16.6 Å². The van der Waals surface area contributed by atoms with Crippen LogP contribution in [0.2, 0.25) is 5.15 Å². The SMILES string of the molecule is Cn1c(=O)n(C)c2c(C3=CCOCC3)nc(Cl)cc21. The van der Waals surface area contributed by atoms with Crippen molar-refractivity contribution in [3.8, 4) is 0 Å². The average molecular weight is 280 g/mol. The lowest BCUT2D eigenvalue weighted by atomic mass is 10.1. The molecule has 19 heavy (non-hydrogen) atoms. The first-order chi connectivity index (χ1) is 9.09. The van der Waals surface area contributed by atoms with Crippen LogP contribution in [0.15, 0.2) is 16.9 Å². The minimum Gasteiger partial charge on any atom is -0.377 e. The number of ether oxygens (including phenoxy) is 1. The van der Waals surface area contributed by atoms with Gasteiger partial charge in [0.05, 0.1) is 29.9 Å². The zero-order chi connectivity index (χ0) is 13.6. The lowest BCUT2D eigenvalue weighted by Crippen LogP contribution is -2.19. The molecule has 6 heteroatoms. The van der Waals surface area contributed by atoms with Crippen LogP contribution >= 0.6 is 11.6 Å².